The first-order chi connectivity index (χ1) is 11.7. The van der Waals surface area contributed by atoms with E-state index in [2.05, 4.69) is 20.3 Å². The van der Waals surface area contributed by atoms with Crippen molar-refractivity contribution < 1.29 is 14.3 Å². The summed E-state index contributed by atoms with van der Waals surface area (Å²) in [5.41, 5.74) is 4.00. The summed E-state index contributed by atoms with van der Waals surface area (Å²) in [4.78, 5) is 35.4. The third-order valence-electron chi connectivity index (χ3n) is 4.03. The average Bonchev–Trinajstić information content (AvgIpc) is 3.18. The summed E-state index contributed by atoms with van der Waals surface area (Å²) in [5, 5.41) is 3.41. The lowest BCUT2D eigenvalue weighted by molar-refractivity contribution is 0.0528. The first-order valence-electron chi connectivity index (χ1n) is 7.59. The number of carbonyl (C=O) groups is 2. The Morgan fingerprint density at radius 3 is 3.04 bits per heavy atom. The fourth-order valence-corrected chi connectivity index (χ4v) is 2.93. The van der Waals surface area contributed by atoms with Gasteiger partial charge >= 0.3 is 5.97 Å². The van der Waals surface area contributed by atoms with Gasteiger partial charge in [0, 0.05) is 23.9 Å². The Balaban J connectivity index is 1.89. The van der Waals surface area contributed by atoms with E-state index in [0.717, 1.165) is 11.1 Å². The number of benzene rings is 1. The molecule has 7 nitrogen and oxygen atoms in total. The van der Waals surface area contributed by atoms with Gasteiger partial charge in [-0.2, -0.15) is 0 Å². The molecule has 0 unspecified atom stereocenters. The van der Waals surface area contributed by atoms with Gasteiger partial charge in [-0.3, -0.25) is 4.79 Å². The van der Waals surface area contributed by atoms with Crippen molar-refractivity contribution in [3.05, 3.63) is 47.4 Å². The predicted molar refractivity (Wildman–Crippen MR) is 86.5 cm³/mol. The Kier molecular flexibility index (Phi) is 3.26. The number of nitrogens with zero attached hydrogens (tertiary/aromatic N) is 2. The molecular formula is C17H14N4O3. The monoisotopic (exact) mass is 322 g/mol. The van der Waals surface area contributed by atoms with Crippen molar-refractivity contribution in [2.24, 2.45) is 0 Å². The number of carbonyl (C=O) groups excluding carboxylic acids is 2. The standard InChI is InChI=1S/C17H14N4O3/c1-2-24-17(23)12-7-18-15-13(12)14(20-8-21-15)9-3-4-11-10(5-9)6-19-16(11)22/h3-5,7-8H,2,6H2,1H3,(H,19,22)(H,18,20,21). The number of nitrogens with one attached hydrogen (secondary N) is 2. The molecule has 4 rings (SSSR count). The Morgan fingerprint density at radius 1 is 1.33 bits per heavy atom. The van der Waals surface area contributed by atoms with E-state index in [1.165, 1.54) is 6.33 Å². The van der Waals surface area contributed by atoms with Crippen molar-refractivity contribution in [3.8, 4) is 11.3 Å². The van der Waals surface area contributed by atoms with Crippen LogP contribution >= 0.6 is 0 Å². The van der Waals surface area contributed by atoms with Crippen molar-refractivity contribution in [1.82, 2.24) is 20.3 Å². The molecule has 120 valence electrons. The second-order valence-electron chi connectivity index (χ2n) is 5.42. The van der Waals surface area contributed by atoms with E-state index in [0.29, 0.717) is 41.0 Å². The van der Waals surface area contributed by atoms with Gasteiger partial charge in [0.05, 0.1) is 23.3 Å². The van der Waals surface area contributed by atoms with Crippen LogP contribution in [-0.4, -0.2) is 33.4 Å². The topological polar surface area (TPSA) is 97.0 Å². The summed E-state index contributed by atoms with van der Waals surface area (Å²) in [6.45, 7) is 2.55. The van der Waals surface area contributed by atoms with Crippen LogP contribution in [0.1, 0.15) is 33.2 Å². The van der Waals surface area contributed by atoms with Crippen molar-refractivity contribution in [3.63, 3.8) is 0 Å². The number of H-pyrrole nitrogens is 1. The minimum absolute atomic E-state index is 0.0711. The molecule has 0 atom stereocenters. The Morgan fingerprint density at radius 2 is 2.21 bits per heavy atom. The first-order valence-corrected chi connectivity index (χ1v) is 7.59. The molecule has 0 bridgehead atoms. The van der Waals surface area contributed by atoms with Gasteiger partial charge in [-0.1, -0.05) is 6.07 Å². The summed E-state index contributed by atoms with van der Waals surface area (Å²) < 4.78 is 5.10. The third-order valence-corrected chi connectivity index (χ3v) is 4.03. The zero-order chi connectivity index (χ0) is 16.7. The maximum Gasteiger partial charge on any atom is 0.340 e. The summed E-state index contributed by atoms with van der Waals surface area (Å²) >= 11 is 0. The van der Waals surface area contributed by atoms with Crippen molar-refractivity contribution in [1.29, 1.82) is 0 Å². The minimum Gasteiger partial charge on any atom is -0.462 e. The zero-order valence-electron chi connectivity index (χ0n) is 12.9. The number of amides is 1. The summed E-state index contributed by atoms with van der Waals surface area (Å²) in [6, 6.07) is 5.52. The van der Waals surface area contributed by atoms with Gasteiger partial charge in [-0.05, 0) is 24.6 Å². The zero-order valence-corrected chi connectivity index (χ0v) is 12.9. The van der Waals surface area contributed by atoms with Crippen LogP contribution in [0, 0.1) is 0 Å². The molecule has 1 aromatic carbocycles. The number of hydrogen-bond acceptors (Lipinski definition) is 5. The molecule has 1 aliphatic heterocycles. The number of hydrogen-bond donors (Lipinski definition) is 2. The largest absolute Gasteiger partial charge is 0.462 e. The molecule has 0 saturated carbocycles. The van der Waals surface area contributed by atoms with E-state index < -0.39 is 5.97 Å². The fourth-order valence-electron chi connectivity index (χ4n) is 2.93. The van der Waals surface area contributed by atoms with Crippen LogP contribution in [0.25, 0.3) is 22.3 Å². The SMILES string of the molecule is CCOC(=O)c1c[nH]c2ncnc(-c3ccc4c(c3)CNC4=O)c12. The third kappa shape index (κ3) is 2.13. The van der Waals surface area contributed by atoms with Crippen LogP contribution < -0.4 is 5.32 Å². The minimum atomic E-state index is -0.419. The lowest BCUT2D eigenvalue weighted by Crippen LogP contribution is -2.12. The van der Waals surface area contributed by atoms with Gasteiger partial charge < -0.3 is 15.0 Å². The molecule has 24 heavy (non-hydrogen) atoms. The fraction of sp³-hybridized carbons (Fsp3) is 0.176. The number of aromatic nitrogens is 3. The van der Waals surface area contributed by atoms with Crippen LogP contribution in [0.3, 0.4) is 0 Å². The molecule has 0 fully saturated rings. The normalized spacial score (nSPS) is 13.0. The quantitative estimate of drug-likeness (QED) is 0.719. The van der Waals surface area contributed by atoms with E-state index >= 15 is 0 Å². The molecule has 0 saturated heterocycles. The van der Waals surface area contributed by atoms with Crippen LogP contribution in [0.5, 0.6) is 0 Å². The van der Waals surface area contributed by atoms with Crippen molar-refractivity contribution in [2.75, 3.05) is 6.61 Å². The second kappa shape index (κ2) is 5.45. The molecular weight excluding hydrogens is 308 g/mol. The highest BCUT2D eigenvalue weighted by Gasteiger charge is 2.22. The highest BCUT2D eigenvalue weighted by atomic mass is 16.5. The Hall–Kier alpha value is -3.22. The summed E-state index contributed by atoms with van der Waals surface area (Å²) in [7, 11) is 0. The average molecular weight is 322 g/mol. The molecule has 3 heterocycles. The van der Waals surface area contributed by atoms with Crippen molar-refractivity contribution in [2.45, 2.75) is 13.5 Å². The molecule has 0 radical (unpaired) electrons. The number of rotatable bonds is 3. The lowest BCUT2D eigenvalue weighted by atomic mass is 10.0. The number of esters is 1. The molecule has 0 spiro atoms. The maximum atomic E-state index is 12.2. The molecule has 1 aliphatic rings. The Labute approximate surface area is 137 Å². The molecule has 0 aliphatic carbocycles. The van der Waals surface area contributed by atoms with Gasteiger partial charge in [0.15, 0.2) is 0 Å². The van der Waals surface area contributed by atoms with Crippen LogP contribution in [0.2, 0.25) is 0 Å². The molecule has 1 amide bonds. The second-order valence-corrected chi connectivity index (χ2v) is 5.42. The number of ether oxygens (including phenoxy) is 1. The number of aromatic amines is 1. The molecule has 3 aromatic rings. The van der Waals surface area contributed by atoms with E-state index in [1.54, 1.807) is 19.2 Å². The highest BCUT2D eigenvalue weighted by Crippen LogP contribution is 2.30. The van der Waals surface area contributed by atoms with Gasteiger partial charge in [0.25, 0.3) is 5.91 Å². The first kappa shape index (κ1) is 14.4. The van der Waals surface area contributed by atoms with Gasteiger partial charge in [0.2, 0.25) is 0 Å². The van der Waals surface area contributed by atoms with E-state index in [-0.39, 0.29) is 5.91 Å². The van der Waals surface area contributed by atoms with Gasteiger partial charge in [-0.25, -0.2) is 14.8 Å². The highest BCUT2D eigenvalue weighted by molar-refractivity contribution is 6.08. The van der Waals surface area contributed by atoms with Crippen LogP contribution in [0.4, 0.5) is 0 Å². The predicted octanol–water partition coefficient (Wildman–Crippen LogP) is 2.04. The van der Waals surface area contributed by atoms with E-state index in [4.69, 9.17) is 4.74 Å². The molecule has 2 N–H and O–H groups in total. The van der Waals surface area contributed by atoms with Crippen LogP contribution in [-0.2, 0) is 11.3 Å². The van der Waals surface area contributed by atoms with E-state index in [1.807, 2.05) is 12.1 Å². The van der Waals surface area contributed by atoms with Crippen molar-refractivity contribution >= 4 is 22.9 Å². The Bertz CT molecular complexity index is 977. The summed E-state index contributed by atoms with van der Waals surface area (Å²) in [5.74, 6) is -0.490. The molecule has 7 heteroatoms. The van der Waals surface area contributed by atoms with Gasteiger partial charge in [0.1, 0.15) is 12.0 Å². The maximum absolute atomic E-state index is 12.2. The van der Waals surface area contributed by atoms with Gasteiger partial charge in [-0.15, -0.1) is 0 Å². The lowest BCUT2D eigenvalue weighted by Gasteiger charge is -2.06. The number of fused-ring (bicyclic) bond motifs is 2. The smallest absolute Gasteiger partial charge is 0.340 e. The van der Waals surface area contributed by atoms with E-state index in [9.17, 15) is 9.59 Å². The van der Waals surface area contributed by atoms with Crippen LogP contribution in [0.15, 0.2) is 30.7 Å². The summed E-state index contributed by atoms with van der Waals surface area (Å²) in [6.07, 6.45) is 3.03. The molecule has 2 aromatic heterocycles.